The summed E-state index contributed by atoms with van der Waals surface area (Å²) in [6.45, 7) is 7.40. The Morgan fingerprint density at radius 3 is 2.25 bits per heavy atom. The predicted octanol–water partition coefficient (Wildman–Crippen LogP) is 0.117. The van der Waals surface area contributed by atoms with Gasteiger partial charge < -0.3 is 10.0 Å². The van der Waals surface area contributed by atoms with Crippen LogP contribution >= 0.6 is 0 Å². The number of aliphatic carboxylic acids is 1. The average molecular weight is 228 g/mol. The minimum absolute atomic E-state index is 0.140. The molecule has 0 saturated carbocycles. The molecule has 92 valence electrons. The van der Waals surface area contributed by atoms with Gasteiger partial charge >= 0.3 is 5.97 Å². The van der Waals surface area contributed by atoms with E-state index in [1.165, 1.54) is 0 Å². The molecule has 0 radical (unpaired) electrons. The van der Waals surface area contributed by atoms with Crippen LogP contribution in [0.4, 0.5) is 0 Å². The number of amides is 1. The van der Waals surface area contributed by atoms with E-state index in [0.717, 1.165) is 19.5 Å². The van der Waals surface area contributed by atoms with Crippen molar-refractivity contribution >= 4 is 12.4 Å². The Morgan fingerprint density at radius 1 is 1.31 bits per heavy atom. The molecule has 0 bridgehead atoms. The van der Waals surface area contributed by atoms with Crippen molar-refractivity contribution in [1.82, 2.24) is 9.80 Å². The first kappa shape index (κ1) is 13.0. The molecule has 16 heavy (non-hydrogen) atoms. The van der Waals surface area contributed by atoms with Crippen LogP contribution in [-0.2, 0) is 9.59 Å². The zero-order chi connectivity index (χ0) is 12.1. The highest BCUT2D eigenvalue weighted by Crippen LogP contribution is 2.14. The van der Waals surface area contributed by atoms with E-state index in [-0.39, 0.29) is 11.8 Å². The van der Waals surface area contributed by atoms with Gasteiger partial charge in [0, 0.05) is 32.7 Å². The molecule has 1 aliphatic rings. The maximum Gasteiger partial charge on any atom is 0.308 e. The van der Waals surface area contributed by atoms with Crippen LogP contribution in [0.2, 0.25) is 0 Å². The monoisotopic (exact) mass is 228 g/mol. The van der Waals surface area contributed by atoms with Crippen molar-refractivity contribution in [1.29, 1.82) is 0 Å². The van der Waals surface area contributed by atoms with E-state index >= 15 is 0 Å². The van der Waals surface area contributed by atoms with Crippen LogP contribution in [0.3, 0.4) is 0 Å². The second-order valence-corrected chi connectivity index (χ2v) is 4.63. The molecule has 0 aromatic carbocycles. The summed E-state index contributed by atoms with van der Waals surface area (Å²) >= 11 is 0. The fourth-order valence-electron chi connectivity index (χ4n) is 1.90. The lowest BCUT2D eigenvalue weighted by Crippen LogP contribution is -2.48. The zero-order valence-electron chi connectivity index (χ0n) is 9.93. The minimum atomic E-state index is -0.729. The smallest absolute Gasteiger partial charge is 0.308 e. The topological polar surface area (TPSA) is 60.9 Å². The summed E-state index contributed by atoms with van der Waals surface area (Å²) in [6.07, 6.45) is 0.856. The Balaban J connectivity index is 2.42. The highest BCUT2D eigenvalue weighted by molar-refractivity contribution is 5.70. The summed E-state index contributed by atoms with van der Waals surface area (Å²) in [4.78, 5) is 25.4. The fraction of sp³-hybridized carbons (Fsp3) is 0.818. The van der Waals surface area contributed by atoms with E-state index < -0.39 is 5.97 Å². The third-order valence-corrected chi connectivity index (χ3v) is 3.13. The van der Waals surface area contributed by atoms with Crippen molar-refractivity contribution in [2.75, 3.05) is 32.7 Å². The number of hydrogen-bond acceptors (Lipinski definition) is 3. The lowest BCUT2D eigenvalue weighted by atomic mass is 9.95. The Kier molecular flexibility index (Phi) is 4.73. The predicted molar refractivity (Wildman–Crippen MR) is 60.0 cm³/mol. The average Bonchev–Trinajstić information content (AvgIpc) is 2.25. The van der Waals surface area contributed by atoms with Crippen molar-refractivity contribution in [2.45, 2.75) is 13.8 Å². The molecule has 1 rings (SSSR count). The Morgan fingerprint density at radius 2 is 1.88 bits per heavy atom. The highest BCUT2D eigenvalue weighted by Gasteiger charge is 2.26. The number of rotatable bonds is 5. The molecule has 1 atom stereocenters. The van der Waals surface area contributed by atoms with Gasteiger partial charge in [0.15, 0.2) is 0 Å². The molecule has 5 heteroatoms. The maximum atomic E-state index is 11.0. The minimum Gasteiger partial charge on any atom is -0.481 e. The number of carbonyl (C=O) groups is 2. The van der Waals surface area contributed by atoms with E-state index in [9.17, 15) is 9.59 Å². The van der Waals surface area contributed by atoms with E-state index in [2.05, 4.69) is 4.90 Å². The lowest BCUT2D eigenvalue weighted by Gasteiger charge is -2.34. The molecule has 0 spiro atoms. The summed E-state index contributed by atoms with van der Waals surface area (Å²) in [6, 6.07) is 0. The SMILES string of the molecule is CC(C)C(CN1CCN(C=O)CC1)C(=O)O. The van der Waals surface area contributed by atoms with Gasteiger partial charge in [0.2, 0.25) is 6.41 Å². The van der Waals surface area contributed by atoms with E-state index in [4.69, 9.17) is 5.11 Å². The number of carbonyl (C=O) groups excluding carboxylic acids is 1. The van der Waals surface area contributed by atoms with Crippen LogP contribution in [-0.4, -0.2) is 60.0 Å². The van der Waals surface area contributed by atoms with Gasteiger partial charge in [-0.15, -0.1) is 0 Å². The Labute approximate surface area is 96.0 Å². The molecule has 0 aromatic rings. The molecular weight excluding hydrogens is 208 g/mol. The molecule has 1 heterocycles. The molecule has 0 aromatic heterocycles. The third-order valence-electron chi connectivity index (χ3n) is 3.13. The van der Waals surface area contributed by atoms with Crippen molar-refractivity contribution in [3.63, 3.8) is 0 Å². The second-order valence-electron chi connectivity index (χ2n) is 4.63. The second kappa shape index (κ2) is 5.84. The van der Waals surface area contributed by atoms with Crippen LogP contribution in [0.1, 0.15) is 13.8 Å². The van der Waals surface area contributed by atoms with Gasteiger partial charge in [-0.1, -0.05) is 13.8 Å². The summed E-state index contributed by atoms with van der Waals surface area (Å²) in [5, 5.41) is 9.08. The lowest BCUT2D eigenvalue weighted by molar-refractivity contribution is -0.144. The number of nitrogens with zero attached hydrogens (tertiary/aromatic N) is 2. The first-order valence-electron chi connectivity index (χ1n) is 5.69. The molecule has 0 aliphatic carbocycles. The highest BCUT2D eigenvalue weighted by atomic mass is 16.4. The molecule has 1 N–H and O–H groups in total. The first-order chi connectivity index (χ1) is 7.54. The molecule has 1 amide bonds. The molecule has 5 nitrogen and oxygen atoms in total. The van der Waals surface area contributed by atoms with Crippen LogP contribution in [0, 0.1) is 11.8 Å². The van der Waals surface area contributed by atoms with E-state index in [1.54, 1.807) is 4.90 Å². The van der Waals surface area contributed by atoms with Crippen molar-refractivity contribution in [3.8, 4) is 0 Å². The quantitative estimate of drug-likeness (QED) is 0.679. The van der Waals surface area contributed by atoms with Gasteiger partial charge in [-0.25, -0.2) is 0 Å². The fourth-order valence-corrected chi connectivity index (χ4v) is 1.90. The van der Waals surface area contributed by atoms with Gasteiger partial charge in [-0.2, -0.15) is 0 Å². The number of carboxylic acid groups (broad SMARTS) is 1. The van der Waals surface area contributed by atoms with Gasteiger partial charge in [-0.05, 0) is 5.92 Å². The number of piperazine rings is 1. The molecule has 1 unspecified atom stereocenters. The molecule has 1 aliphatic heterocycles. The Hall–Kier alpha value is -1.10. The number of hydrogen-bond donors (Lipinski definition) is 1. The largest absolute Gasteiger partial charge is 0.481 e. The summed E-state index contributed by atoms with van der Waals surface area (Å²) in [5.74, 6) is -0.905. The van der Waals surface area contributed by atoms with Crippen LogP contribution in [0.25, 0.3) is 0 Å². The zero-order valence-corrected chi connectivity index (χ0v) is 9.93. The Bertz CT molecular complexity index is 248. The molecular formula is C11H20N2O3. The standard InChI is InChI=1S/C11H20N2O3/c1-9(2)10(11(15)16)7-12-3-5-13(8-14)6-4-12/h8-10H,3-7H2,1-2H3,(H,15,16). The van der Waals surface area contributed by atoms with Gasteiger partial charge in [0.1, 0.15) is 0 Å². The summed E-state index contributed by atoms with van der Waals surface area (Å²) < 4.78 is 0. The van der Waals surface area contributed by atoms with E-state index in [1.807, 2.05) is 13.8 Å². The van der Waals surface area contributed by atoms with Gasteiger partial charge in [-0.3, -0.25) is 14.5 Å². The normalized spacial score (nSPS) is 19.8. The maximum absolute atomic E-state index is 11.0. The molecule has 1 fully saturated rings. The van der Waals surface area contributed by atoms with Crippen molar-refractivity contribution in [3.05, 3.63) is 0 Å². The van der Waals surface area contributed by atoms with Crippen LogP contribution in [0.15, 0.2) is 0 Å². The third kappa shape index (κ3) is 3.48. The number of carboxylic acids is 1. The first-order valence-corrected chi connectivity index (χ1v) is 5.69. The van der Waals surface area contributed by atoms with Crippen LogP contribution in [0.5, 0.6) is 0 Å². The van der Waals surface area contributed by atoms with Gasteiger partial charge in [0.05, 0.1) is 5.92 Å². The summed E-state index contributed by atoms with van der Waals surface area (Å²) in [5.41, 5.74) is 0. The molecule has 1 saturated heterocycles. The van der Waals surface area contributed by atoms with E-state index in [0.29, 0.717) is 19.6 Å². The van der Waals surface area contributed by atoms with Gasteiger partial charge in [0.25, 0.3) is 0 Å². The van der Waals surface area contributed by atoms with Crippen LogP contribution < -0.4 is 0 Å². The van der Waals surface area contributed by atoms with Crippen molar-refractivity contribution < 1.29 is 14.7 Å². The summed E-state index contributed by atoms with van der Waals surface area (Å²) in [7, 11) is 0. The van der Waals surface area contributed by atoms with Crippen molar-refractivity contribution in [2.24, 2.45) is 11.8 Å².